The number of hydrogen-bond donors (Lipinski definition) is 2. The van der Waals surface area contributed by atoms with Crippen LogP contribution in [0.2, 0.25) is 5.02 Å². The first-order chi connectivity index (χ1) is 12.2. The van der Waals surface area contributed by atoms with E-state index in [4.69, 9.17) is 16.3 Å². The van der Waals surface area contributed by atoms with Gasteiger partial charge in [-0.1, -0.05) is 48.0 Å². The molecule has 3 aromatic carbocycles. The lowest BCUT2D eigenvalue weighted by atomic mass is 9.89. The van der Waals surface area contributed by atoms with Crippen LogP contribution in [0.25, 0.3) is 10.8 Å². The molecule has 4 heteroatoms. The Labute approximate surface area is 152 Å². The molecule has 1 aliphatic heterocycles. The van der Waals surface area contributed by atoms with Crippen LogP contribution in [0, 0.1) is 0 Å². The van der Waals surface area contributed by atoms with Crippen molar-refractivity contribution < 1.29 is 9.84 Å². The molecular formula is C21H20ClNO2. The van der Waals surface area contributed by atoms with Crippen LogP contribution in [-0.4, -0.2) is 24.3 Å². The average molecular weight is 354 g/mol. The molecule has 0 radical (unpaired) electrons. The van der Waals surface area contributed by atoms with Crippen molar-refractivity contribution in [3.8, 4) is 11.5 Å². The first-order valence-corrected chi connectivity index (χ1v) is 8.91. The maximum absolute atomic E-state index is 9.96. The monoisotopic (exact) mass is 353 g/mol. The van der Waals surface area contributed by atoms with E-state index in [9.17, 15) is 5.11 Å². The molecule has 4 rings (SSSR count). The Morgan fingerprint density at radius 3 is 2.76 bits per heavy atom. The van der Waals surface area contributed by atoms with Crippen molar-refractivity contribution in [1.29, 1.82) is 0 Å². The van der Waals surface area contributed by atoms with Gasteiger partial charge in [0.2, 0.25) is 0 Å². The van der Waals surface area contributed by atoms with E-state index in [2.05, 4.69) is 17.4 Å². The fraction of sp³-hybridized carbons (Fsp3) is 0.238. The zero-order chi connectivity index (χ0) is 17.2. The molecule has 2 unspecified atom stereocenters. The van der Waals surface area contributed by atoms with E-state index >= 15 is 0 Å². The topological polar surface area (TPSA) is 41.5 Å². The van der Waals surface area contributed by atoms with Crippen molar-refractivity contribution in [2.75, 3.05) is 13.1 Å². The van der Waals surface area contributed by atoms with Gasteiger partial charge < -0.3 is 15.2 Å². The predicted molar refractivity (Wildman–Crippen MR) is 102 cm³/mol. The van der Waals surface area contributed by atoms with Crippen LogP contribution in [0.5, 0.6) is 11.5 Å². The second-order valence-electron chi connectivity index (χ2n) is 6.55. The molecule has 0 bridgehead atoms. The van der Waals surface area contributed by atoms with Crippen LogP contribution in [0.15, 0.2) is 60.7 Å². The molecule has 0 aliphatic carbocycles. The van der Waals surface area contributed by atoms with Crippen molar-refractivity contribution in [1.82, 2.24) is 5.32 Å². The first-order valence-electron chi connectivity index (χ1n) is 8.53. The zero-order valence-electron chi connectivity index (χ0n) is 13.8. The minimum absolute atomic E-state index is 0.108. The Bertz CT molecular complexity index is 896. The van der Waals surface area contributed by atoms with Gasteiger partial charge in [-0.25, -0.2) is 0 Å². The average Bonchev–Trinajstić information content (AvgIpc) is 2.62. The summed E-state index contributed by atoms with van der Waals surface area (Å²) in [6.45, 7) is 1.76. The van der Waals surface area contributed by atoms with E-state index in [0.29, 0.717) is 16.7 Å². The summed E-state index contributed by atoms with van der Waals surface area (Å²) in [7, 11) is 0. The molecule has 3 aromatic rings. The summed E-state index contributed by atoms with van der Waals surface area (Å²) in [5.41, 5.74) is 1.27. The number of halogens is 1. The van der Waals surface area contributed by atoms with E-state index in [-0.39, 0.29) is 6.10 Å². The number of rotatable bonds is 3. The van der Waals surface area contributed by atoms with Gasteiger partial charge in [0.1, 0.15) is 17.6 Å². The molecule has 1 saturated heterocycles. The zero-order valence-corrected chi connectivity index (χ0v) is 14.5. The molecule has 1 aliphatic rings. The second-order valence-corrected chi connectivity index (χ2v) is 6.98. The van der Waals surface area contributed by atoms with E-state index in [1.54, 1.807) is 6.07 Å². The van der Waals surface area contributed by atoms with E-state index in [1.807, 2.05) is 42.5 Å². The molecule has 0 saturated carbocycles. The lowest BCUT2D eigenvalue weighted by Gasteiger charge is -2.31. The Morgan fingerprint density at radius 2 is 1.88 bits per heavy atom. The Morgan fingerprint density at radius 1 is 1.00 bits per heavy atom. The third-order valence-electron chi connectivity index (χ3n) is 4.76. The highest BCUT2D eigenvalue weighted by Gasteiger charge is 2.24. The summed E-state index contributed by atoms with van der Waals surface area (Å²) < 4.78 is 6.11. The summed E-state index contributed by atoms with van der Waals surface area (Å²) >= 11 is 6.04. The molecule has 1 heterocycles. The fourth-order valence-corrected chi connectivity index (χ4v) is 3.70. The Balaban J connectivity index is 1.53. The predicted octanol–water partition coefficient (Wildman–Crippen LogP) is 4.72. The number of phenolic OH excluding ortho intramolecular Hbond substituents is 1. The highest BCUT2D eigenvalue weighted by molar-refractivity contribution is 6.30. The molecule has 3 nitrogen and oxygen atoms in total. The van der Waals surface area contributed by atoms with Gasteiger partial charge in [0.05, 0.1) is 0 Å². The van der Waals surface area contributed by atoms with Crippen molar-refractivity contribution in [2.45, 2.75) is 18.4 Å². The van der Waals surface area contributed by atoms with Crippen molar-refractivity contribution in [3.05, 3.63) is 71.2 Å². The quantitative estimate of drug-likeness (QED) is 0.715. The maximum Gasteiger partial charge on any atom is 0.123 e. The van der Waals surface area contributed by atoms with E-state index in [1.165, 1.54) is 5.56 Å². The van der Waals surface area contributed by atoms with Crippen LogP contribution in [-0.2, 0) is 0 Å². The van der Waals surface area contributed by atoms with Gasteiger partial charge in [-0.15, -0.1) is 0 Å². The number of ether oxygens (including phenoxy) is 1. The maximum atomic E-state index is 9.96. The first kappa shape index (κ1) is 16.2. The number of piperidine rings is 1. The minimum Gasteiger partial charge on any atom is -0.507 e. The molecule has 2 atom stereocenters. The highest BCUT2D eigenvalue weighted by atomic mass is 35.5. The van der Waals surface area contributed by atoms with Crippen molar-refractivity contribution in [3.63, 3.8) is 0 Å². The Hall–Kier alpha value is -2.23. The van der Waals surface area contributed by atoms with E-state index in [0.717, 1.165) is 36.0 Å². The summed E-state index contributed by atoms with van der Waals surface area (Å²) in [6.07, 6.45) is 1.06. The number of benzene rings is 3. The third-order valence-corrected chi connectivity index (χ3v) is 5.00. The largest absolute Gasteiger partial charge is 0.507 e. The van der Waals surface area contributed by atoms with Crippen molar-refractivity contribution in [2.24, 2.45) is 0 Å². The second kappa shape index (κ2) is 6.95. The number of fused-ring (bicyclic) bond motifs is 1. The number of nitrogens with one attached hydrogen (secondary N) is 1. The summed E-state index contributed by atoms with van der Waals surface area (Å²) in [5.74, 6) is 1.51. The standard InChI is InChI=1S/C21H20ClNO2/c22-17-4-2-5-18(11-17)25-19-10-16(12-23-13-19)14-7-8-20-15(9-14)3-1-6-21(20)24/h1-9,11,16,19,23-24H,10,12-13H2. The van der Waals surface area contributed by atoms with Crippen LogP contribution in [0.4, 0.5) is 0 Å². The summed E-state index contributed by atoms with van der Waals surface area (Å²) in [5, 5.41) is 16.1. The molecular weight excluding hydrogens is 334 g/mol. The molecule has 1 fully saturated rings. The van der Waals surface area contributed by atoms with Gasteiger partial charge in [-0.3, -0.25) is 0 Å². The van der Waals surface area contributed by atoms with Crippen LogP contribution in [0.3, 0.4) is 0 Å². The van der Waals surface area contributed by atoms with Crippen molar-refractivity contribution >= 4 is 22.4 Å². The summed E-state index contributed by atoms with van der Waals surface area (Å²) in [6, 6.07) is 19.5. The molecule has 25 heavy (non-hydrogen) atoms. The molecule has 2 N–H and O–H groups in total. The lowest BCUT2D eigenvalue weighted by Crippen LogP contribution is -2.41. The van der Waals surface area contributed by atoms with Gasteiger partial charge >= 0.3 is 0 Å². The molecule has 0 aromatic heterocycles. The van der Waals surface area contributed by atoms with Crippen LogP contribution in [0.1, 0.15) is 17.9 Å². The molecule has 0 amide bonds. The van der Waals surface area contributed by atoms with Gasteiger partial charge in [0, 0.05) is 23.5 Å². The van der Waals surface area contributed by atoms with Crippen LogP contribution < -0.4 is 10.1 Å². The minimum atomic E-state index is 0.108. The number of aromatic hydroxyl groups is 1. The van der Waals surface area contributed by atoms with Gasteiger partial charge in [0.15, 0.2) is 0 Å². The Kier molecular flexibility index (Phi) is 4.51. The number of phenols is 1. The van der Waals surface area contributed by atoms with E-state index < -0.39 is 0 Å². The van der Waals surface area contributed by atoms with Gasteiger partial charge in [-0.05, 0) is 47.6 Å². The summed E-state index contributed by atoms with van der Waals surface area (Å²) in [4.78, 5) is 0. The smallest absolute Gasteiger partial charge is 0.123 e. The highest BCUT2D eigenvalue weighted by Crippen LogP contribution is 2.31. The SMILES string of the molecule is Oc1cccc2cc(C3CNCC(Oc4cccc(Cl)c4)C3)ccc12. The van der Waals surface area contributed by atoms with Gasteiger partial charge in [-0.2, -0.15) is 0 Å². The number of hydrogen-bond acceptors (Lipinski definition) is 3. The molecule has 128 valence electrons. The normalized spacial score (nSPS) is 20.5. The fourth-order valence-electron chi connectivity index (χ4n) is 3.52. The lowest BCUT2D eigenvalue weighted by molar-refractivity contribution is 0.156. The van der Waals surface area contributed by atoms with Crippen LogP contribution >= 0.6 is 11.6 Å². The molecule has 0 spiro atoms. The third kappa shape index (κ3) is 3.58. The van der Waals surface area contributed by atoms with Gasteiger partial charge in [0.25, 0.3) is 0 Å².